The summed E-state index contributed by atoms with van der Waals surface area (Å²) in [5.41, 5.74) is 1.24. The van der Waals surface area contributed by atoms with E-state index in [-0.39, 0.29) is 0 Å². The molecule has 1 aromatic heterocycles. The normalized spacial score (nSPS) is 20.3. The van der Waals surface area contributed by atoms with Gasteiger partial charge in [-0.15, -0.1) is 11.3 Å². The van der Waals surface area contributed by atoms with Crippen molar-refractivity contribution >= 4 is 16.5 Å². The Hall–Kier alpha value is -0.610. The maximum Gasteiger partial charge on any atom is 0.185 e. The van der Waals surface area contributed by atoms with E-state index in [0.29, 0.717) is 0 Å². The predicted molar refractivity (Wildman–Crippen MR) is 79.6 cm³/mol. The summed E-state index contributed by atoms with van der Waals surface area (Å²) in [6, 6.07) is 0. The summed E-state index contributed by atoms with van der Waals surface area (Å²) in [4.78, 5) is 7.19. The molecular weight excluding hydrogens is 242 g/mol. The van der Waals surface area contributed by atoms with Crippen LogP contribution < -0.4 is 10.2 Å². The summed E-state index contributed by atoms with van der Waals surface area (Å²) >= 11 is 1.81. The van der Waals surface area contributed by atoms with Gasteiger partial charge in [-0.1, -0.05) is 13.8 Å². The second-order valence-electron chi connectivity index (χ2n) is 5.13. The zero-order valence-corrected chi connectivity index (χ0v) is 12.4. The van der Waals surface area contributed by atoms with Crippen molar-refractivity contribution in [3.05, 3.63) is 11.1 Å². The SMILES string of the molecule is CCCNCC1CCCN(c2nc(CC)cs2)C1. The Morgan fingerprint density at radius 2 is 2.39 bits per heavy atom. The second-order valence-corrected chi connectivity index (χ2v) is 5.97. The number of nitrogens with one attached hydrogen (secondary N) is 1. The van der Waals surface area contributed by atoms with Gasteiger partial charge >= 0.3 is 0 Å². The molecule has 0 aliphatic carbocycles. The summed E-state index contributed by atoms with van der Waals surface area (Å²) in [7, 11) is 0. The summed E-state index contributed by atoms with van der Waals surface area (Å²) in [6.07, 6.45) is 4.94. The highest BCUT2D eigenvalue weighted by atomic mass is 32.1. The van der Waals surface area contributed by atoms with Gasteiger partial charge < -0.3 is 10.2 Å². The van der Waals surface area contributed by atoms with E-state index >= 15 is 0 Å². The summed E-state index contributed by atoms with van der Waals surface area (Å²) in [5, 5.41) is 6.98. The first kappa shape index (κ1) is 13.8. The van der Waals surface area contributed by atoms with E-state index in [1.165, 1.54) is 43.2 Å². The Morgan fingerprint density at radius 1 is 1.50 bits per heavy atom. The third-order valence-electron chi connectivity index (χ3n) is 3.55. The molecule has 0 saturated carbocycles. The van der Waals surface area contributed by atoms with Crippen LogP contribution in [0.4, 0.5) is 5.13 Å². The molecule has 1 fully saturated rings. The summed E-state index contributed by atoms with van der Waals surface area (Å²) in [6.45, 7) is 9.06. The van der Waals surface area contributed by atoms with E-state index in [0.717, 1.165) is 25.4 Å². The van der Waals surface area contributed by atoms with E-state index in [4.69, 9.17) is 4.98 Å². The van der Waals surface area contributed by atoms with Gasteiger partial charge in [0.15, 0.2) is 5.13 Å². The molecule has 0 spiro atoms. The Morgan fingerprint density at radius 3 is 3.11 bits per heavy atom. The van der Waals surface area contributed by atoms with Crippen LogP contribution in [-0.2, 0) is 6.42 Å². The molecule has 4 heteroatoms. The average molecular weight is 267 g/mol. The zero-order chi connectivity index (χ0) is 12.8. The van der Waals surface area contributed by atoms with E-state index in [2.05, 4.69) is 29.4 Å². The lowest BCUT2D eigenvalue weighted by atomic mass is 9.98. The molecule has 0 aromatic carbocycles. The molecular formula is C14H25N3S. The number of hydrogen-bond acceptors (Lipinski definition) is 4. The van der Waals surface area contributed by atoms with Crippen molar-refractivity contribution in [2.24, 2.45) is 5.92 Å². The second kappa shape index (κ2) is 7.10. The number of thiazole rings is 1. The predicted octanol–water partition coefficient (Wildman–Crippen LogP) is 2.92. The Labute approximate surface area is 115 Å². The molecule has 0 amide bonds. The van der Waals surface area contributed by atoms with E-state index in [1.54, 1.807) is 11.3 Å². The van der Waals surface area contributed by atoms with Crippen molar-refractivity contribution < 1.29 is 0 Å². The first-order chi connectivity index (χ1) is 8.83. The number of rotatable bonds is 6. The largest absolute Gasteiger partial charge is 0.348 e. The lowest BCUT2D eigenvalue weighted by Gasteiger charge is -2.32. The van der Waals surface area contributed by atoms with Gasteiger partial charge in [0.05, 0.1) is 5.69 Å². The van der Waals surface area contributed by atoms with Gasteiger partial charge in [-0.3, -0.25) is 0 Å². The van der Waals surface area contributed by atoms with Gasteiger partial charge in [0.25, 0.3) is 0 Å². The molecule has 2 rings (SSSR count). The lowest BCUT2D eigenvalue weighted by molar-refractivity contribution is 0.392. The van der Waals surface area contributed by atoms with Crippen molar-refractivity contribution in [2.75, 3.05) is 31.1 Å². The number of hydrogen-bond donors (Lipinski definition) is 1. The van der Waals surface area contributed by atoms with Crippen LogP contribution >= 0.6 is 11.3 Å². The highest BCUT2D eigenvalue weighted by Gasteiger charge is 2.21. The molecule has 1 aliphatic rings. The molecule has 1 unspecified atom stereocenters. The third-order valence-corrected chi connectivity index (χ3v) is 4.50. The van der Waals surface area contributed by atoms with Crippen LogP contribution in [0.25, 0.3) is 0 Å². The third kappa shape index (κ3) is 3.69. The number of aromatic nitrogens is 1. The van der Waals surface area contributed by atoms with Crippen molar-refractivity contribution in [2.45, 2.75) is 39.5 Å². The number of aryl methyl sites for hydroxylation is 1. The molecule has 0 radical (unpaired) electrons. The molecule has 1 N–H and O–H groups in total. The van der Waals surface area contributed by atoms with Crippen LogP contribution in [0.1, 0.15) is 38.8 Å². The number of anilines is 1. The maximum atomic E-state index is 4.71. The van der Waals surface area contributed by atoms with Gasteiger partial charge in [0.2, 0.25) is 0 Å². The van der Waals surface area contributed by atoms with Gasteiger partial charge in [-0.2, -0.15) is 0 Å². The molecule has 1 aromatic rings. The van der Waals surface area contributed by atoms with Crippen LogP contribution in [0.3, 0.4) is 0 Å². The van der Waals surface area contributed by atoms with Crippen molar-refractivity contribution in [1.82, 2.24) is 10.3 Å². The quantitative estimate of drug-likeness (QED) is 0.803. The van der Waals surface area contributed by atoms with Gasteiger partial charge in [-0.25, -0.2) is 4.98 Å². The molecule has 18 heavy (non-hydrogen) atoms. The first-order valence-electron chi connectivity index (χ1n) is 7.23. The highest BCUT2D eigenvalue weighted by molar-refractivity contribution is 7.13. The van der Waals surface area contributed by atoms with Crippen molar-refractivity contribution in [3.8, 4) is 0 Å². The lowest BCUT2D eigenvalue weighted by Crippen LogP contribution is -2.39. The van der Waals surface area contributed by atoms with Crippen LogP contribution in [0, 0.1) is 5.92 Å². The van der Waals surface area contributed by atoms with Crippen LogP contribution in [0.15, 0.2) is 5.38 Å². The molecule has 2 heterocycles. The van der Waals surface area contributed by atoms with E-state index in [1.807, 2.05) is 0 Å². The average Bonchev–Trinajstić information content (AvgIpc) is 2.88. The number of nitrogens with zero attached hydrogens (tertiary/aromatic N) is 2. The first-order valence-corrected chi connectivity index (χ1v) is 8.11. The summed E-state index contributed by atoms with van der Waals surface area (Å²) < 4.78 is 0. The highest BCUT2D eigenvalue weighted by Crippen LogP contribution is 2.26. The van der Waals surface area contributed by atoms with Crippen molar-refractivity contribution in [1.29, 1.82) is 0 Å². The van der Waals surface area contributed by atoms with Crippen LogP contribution in [-0.4, -0.2) is 31.2 Å². The fraction of sp³-hybridized carbons (Fsp3) is 0.786. The van der Waals surface area contributed by atoms with Gasteiger partial charge in [0, 0.05) is 18.5 Å². The maximum absolute atomic E-state index is 4.71. The number of piperidine rings is 1. The van der Waals surface area contributed by atoms with Crippen molar-refractivity contribution in [3.63, 3.8) is 0 Å². The Bertz CT molecular complexity index is 351. The standard InChI is InChI=1S/C14H25N3S/c1-3-7-15-9-12-6-5-8-17(10-12)14-16-13(4-2)11-18-14/h11-12,15H,3-10H2,1-2H3. The fourth-order valence-corrected chi connectivity index (χ4v) is 3.44. The zero-order valence-electron chi connectivity index (χ0n) is 11.6. The molecule has 0 bridgehead atoms. The monoisotopic (exact) mass is 267 g/mol. The van der Waals surface area contributed by atoms with E-state index in [9.17, 15) is 0 Å². The minimum atomic E-state index is 0.791. The smallest absolute Gasteiger partial charge is 0.185 e. The Balaban J connectivity index is 1.85. The summed E-state index contributed by atoms with van der Waals surface area (Å²) in [5.74, 6) is 0.791. The van der Waals surface area contributed by atoms with Gasteiger partial charge in [0.1, 0.15) is 0 Å². The topological polar surface area (TPSA) is 28.2 Å². The van der Waals surface area contributed by atoms with Crippen LogP contribution in [0.5, 0.6) is 0 Å². The van der Waals surface area contributed by atoms with Crippen LogP contribution in [0.2, 0.25) is 0 Å². The molecule has 1 atom stereocenters. The minimum Gasteiger partial charge on any atom is -0.348 e. The molecule has 102 valence electrons. The van der Waals surface area contributed by atoms with E-state index < -0.39 is 0 Å². The molecule has 3 nitrogen and oxygen atoms in total. The molecule has 1 aliphatic heterocycles. The molecule has 1 saturated heterocycles. The van der Waals surface area contributed by atoms with Gasteiger partial charge in [-0.05, 0) is 44.7 Å². The fourth-order valence-electron chi connectivity index (χ4n) is 2.49. The Kier molecular flexibility index (Phi) is 5.45. The minimum absolute atomic E-state index is 0.791.